The van der Waals surface area contributed by atoms with Crippen molar-refractivity contribution in [2.45, 2.75) is 58.1 Å². The van der Waals surface area contributed by atoms with Gasteiger partial charge in [0.1, 0.15) is 11.6 Å². The minimum atomic E-state index is 0.472. The van der Waals surface area contributed by atoms with Crippen LogP contribution in [0.1, 0.15) is 44.1 Å². The zero-order valence-electron chi connectivity index (χ0n) is 11.9. The zero-order chi connectivity index (χ0) is 13.2. The van der Waals surface area contributed by atoms with Gasteiger partial charge in [0.25, 0.3) is 0 Å². The molecule has 4 heteroatoms. The van der Waals surface area contributed by atoms with Crippen LogP contribution >= 0.6 is 0 Å². The first kappa shape index (κ1) is 12.9. The number of fused-ring (bicyclic) bond motifs is 1. The lowest BCUT2D eigenvalue weighted by molar-refractivity contribution is 0.0619. The smallest absolute Gasteiger partial charge is 0.130 e. The maximum atomic E-state index is 5.82. The summed E-state index contributed by atoms with van der Waals surface area (Å²) >= 11 is 0. The van der Waals surface area contributed by atoms with Crippen LogP contribution in [0.3, 0.4) is 0 Å². The summed E-state index contributed by atoms with van der Waals surface area (Å²) in [5, 5.41) is 3.64. The second kappa shape index (κ2) is 5.45. The maximum absolute atomic E-state index is 5.82. The van der Waals surface area contributed by atoms with E-state index in [0.29, 0.717) is 18.1 Å². The molecule has 1 aliphatic heterocycles. The van der Waals surface area contributed by atoms with Crippen LogP contribution in [0.5, 0.6) is 0 Å². The van der Waals surface area contributed by atoms with E-state index >= 15 is 0 Å². The van der Waals surface area contributed by atoms with Crippen molar-refractivity contribution in [1.82, 2.24) is 9.97 Å². The van der Waals surface area contributed by atoms with Crippen LogP contribution in [-0.4, -0.2) is 28.7 Å². The summed E-state index contributed by atoms with van der Waals surface area (Å²) in [4.78, 5) is 8.96. The largest absolute Gasteiger partial charge is 0.378 e. The Hall–Kier alpha value is -1.16. The third-order valence-electron chi connectivity index (χ3n) is 4.37. The lowest BCUT2D eigenvalue weighted by atomic mass is 9.82. The van der Waals surface area contributed by atoms with E-state index in [4.69, 9.17) is 4.74 Å². The first-order valence-corrected chi connectivity index (χ1v) is 7.49. The summed E-state index contributed by atoms with van der Waals surface area (Å²) in [7, 11) is 0. The van der Waals surface area contributed by atoms with E-state index in [1.54, 1.807) is 0 Å². The van der Waals surface area contributed by atoms with Crippen molar-refractivity contribution < 1.29 is 4.74 Å². The molecule has 4 nitrogen and oxygen atoms in total. The molecule has 0 aromatic carbocycles. The third kappa shape index (κ3) is 2.73. The molecule has 0 radical (unpaired) electrons. The molecule has 1 N–H and O–H groups in total. The van der Waals surface area contributed by atoms with Crippen LogP contribution in [0.2, 0.25) is 0 Å². The monoisotopic (exact) mass is 261 g/mol. The summed E-state index contributed by atoms with van der Waals surface area (Å²) in [6, 6.07) is 2.60. The van der Waals surface area contributed by atoms with Crippen molar-refractivity contribution in [2.24, 2.45) is 5.92 Å². The van der Waals surface area contributed by atoms with Crippen molar-refractivity contribution in [1.29, 1.82) is 0 Å². The van der Waals surface area contributed by atoms with Gasteiger partial charge in [-0.15, -0.1) is 0 Å². The topological polar surface area (TPSA) is 47.0 Å². The fourth-order valence-electron chi connectivity index (χ4n) is 3.43. The molecule has 0 spiro atoms. The lowest BCUT2D eigenvalue weighted by Crippen LogP contribution is -2.38. The Morgan fingerprint density at radius 1 is 1.32 bits per heavy atom. The molecule has 3 rings (SSSR count). The van der Waals surface area contributed by atoms with Crippen molar-refractivity contribution in [3.8, 4) is 0 Å². The lowest BCUT2D eigenvalue weighted by Gasteiger charge is -2.33. The molecule has 1 aromatic heterocycles. The van der Waals surface area contributed by atoms with Crippen molar-refractivity contribution in [3.05, 3.63) is 17.6 Å². The second-order valence-corrected chi connectivity index (χ2v) is 5.69. The van der Waals surface area contributed by atoms with Crippen LogP contribution in [0.4, 0.5) is 5.82 Å². The van der Waals surface area contributed by atoms with Crippen molar-refractivity contribution >= 4 is 5.82 Å². The fourth-order valence-corrected chi connectivity index (χ4v) is 3.43. The van der Waals surface area contributed by atoms with Crippen LogP contribution in [0.25, 0.3) is 0 Å². The second-order valence-electron chi connectivity index (χ2n) is 5.69. The van der Waals surface area contributed by atoms with Gasteiger partial charge in [-0.1, -0.05) is 6.92 Å². The third-order valence-corrected chi connectivity index (χ3v) is 4.37. The van der Waals surface area contributed by atoms with Crippen molar-refractivity contribution in [2.75, 3.05) is 11.9 Å². The van der Waals surface area contributed by atoms with Gasteiger partial charge in [-0.2, -0.15) is 0 Å². The Labute approximate surface area is 115 Å². The Morgan fingerprint density at radius 3 is 3.05 bits per heavy atom. The SMILES string of the molecule is CCc1cc(NC2CCCC3OCCC23)nc(C)n1. The summed E-state index contributed by atoms with van der Waals surface area (Å²) < 4.78 is 5.82. The van der Waals surface area contributed by atoms with Gasteiger partial charge in [0.15, 0.2) is 0 Å². The standard InChI is InChI=1S/C15H23N3O/c1-3-11-9-15(17-10(2)16-11)18-13-5-4-6-14-12(13)7-8-19-14/h9,12-14H,3-8H2,1-2H3,(H,16,17,18). The maximum Gasteiger partial charge on any atom is 0.130 e. The first-order valence-electron chi connectivity index (χ1n) is 7.49. The molecule has 3 atom stereocenters. The van der Waals surface area contributed by atoms with E-state index in [9.17, 15) is 0 Å². The van der Waals surface area contributed by atoms with Gasteiger partial charge in [-0.3, -0.25) is 0 Å². The number of nitrogens with zero attached hydrogens (tertiary/aromatic N) is 2. The van der Waals surface area contributed by atoms with Crippen LogP contribution in [0, 0.1) is 12.8 Å². The van der Waals surface area contributed by atoms with E-state index in [0.717, 1.165) is 30.4 Å². The molecule has 19 heavy (non-hydrogen) atoms. The number of hydrogen-bond donors (Lipinski definition) is 1. The summed E-state index contributed by atoms with van der Waals surface area (Å²) in [6.07, 6.45) is 6.33. The predicted octanol–water partition coefficient (Wildman–Crippen LogP) is 2.72. The molecule has 1 aliphatic carbocycles. The number of aryl methyl sites for hydroxylation is 2. The van der Waals surface area contributed by atoms with Crippen molar-refractivity contribution in [3.63, 3.8) is 0 Å². The number of rotatable bonds is 3. The van der Waals surface area contributed by atoms with E-state index < -0.39 is 0 Å². The Balaban J connectivity index is 1.75. The molecule has 0 amide bonds. The Kier molecular flexibility index (Phi) is 3.69. The van der Waals surface area contributed by atoms with Gasteiger partial charge >= 0.3 is 0 Å². The van der Waals surface area contributed by atoms with Crippen LogP contribution in [0.15, 0.2) is 6.07 Å². The highest BCUT2D eigenvalue weighted by Gasteiger charge is 2.37. The molecule has 1 aromatic rings. The molecule has 1 saturated carbocycles. The van der Waals surface area contributed by atoms with Gasteiger partial charge in [-0.25, -0.2) is 9.97 Å². The minimum Gasteiger partial charge on any atom is -0.378 e. The Bertz CT molecular complexity index is 449. The normalized spacial score (nSPS) is 30.1. The van der Waals surface area contributed by atoms with E-state index in [1.807, 2.05) is 6.92 Å². The van der Waals surface area contributed by atoms with Gasteiger partial charge in [0.05, 0.1) is 6.10 Å². The molecule has 1 saturated heterocycles. The van der Waals surface area contributed by atoms with Gasteiger partial charge in [-0.05, 0) is 39.0 Å². The van der Waals surface area contributed by atoms with Crippen LogP contribution < -0.4 is 5.32 Å². The molecule has 0 bridgehead atoms. The average molecular weight is 261 g/mol. The Morgan fingerprint density at radius 2 is 2.21 bits per heavy atom. The molecule has 2 fully saturated rings. The predicted molar refractivity (Wildman–Crippen MR) is 75.3 cm³/mol. The average Bonchev–Trinajstić information content (AvgIpc) is 2.87. The van der Waals surface area contributed by atoms with Gasteiger partial charge in [0.2, 0.25) is 0 Å². The number of hydrogen-bond acceptors (Lipinski definition) is 4. The molecule has 2 aliphatic rings. The summed E-state index contributed by atoms with van der Waals surface area (Å²) in [5.74, 6) is 2.51. The van der Waals surface area contributed by atoms with E-state index in [1.165, 1.54) is 25.7 Å². The molecular formula is C15H23N3O. The van der Waals surface area contributed by atoms with Gasteiger partial charge < -0.3 is 10.1 Å². The van der Waals surface area contributed by atoms with E-state index in [-0.39, 0.29) is 0 Å². The highest BCUT2D eigenvalue weighted by atomic mass is 16.5. The molecule has 2 heterocycles. The first-order chi connectivity index (χ1) is 9.26. The minimum absolute atomic E-state index is 0.472. The zero-order valence-corrected chi connectivity index (χ0v) is 11.9. The summed E-state index contributed by atoms with van der Waals surface area (Å²) in [5.41, 5.74) is 1.12. The highest BCUT2D eigenvalue weighted by molar-refractivity contribution is 5.37. The number of anilines is 1. The quantitative estimate of drug-likeness (QED) is 0.908. The number of aromatic nitrogens is 2. The number of ether oxygens (including phenoxy) is 1. The van der Waals surface area contributed by atoms with Crippen LogP contribution in [-0.2, 0) is 11.2 Å². The van der Waals surface area contributed by atoms with Gasteiger partial charge in [0, 0.05) is 30.3 Å². The molecular weight excluding hydrogens is 238 g/mol. The molecule has 104 valence electrons. The summed E-state index contributed by atoms with van der Waals surface area (Å²) in [6.45, 7) is 5.02. The molecule has 3 unspecified atom stereocenters. The fraction of sp³-hybridized carbons (Fsp3) is 0.733. The highest BCUT2D eigenvalue weighted by Crippen LogP contribution is 2.35. The number of nitrogens with one attached hydrogen (secondary N) is 1. The van der Waals surface area contributed by atoms with E-state index in [2.05, 4.69) is 28.3 Å².